The van der Waals surface area contributed by atoms with Crippen LogP contribution in [0.1, 0.15) is 31.2 Å². The smallest absolute Gasteiger partial charge is 0.332 e. The molecule has 1 saturated heterocycles. The molecule has 7 heteroatoms. The Morgan fingerprint density at radius 2 is 2.21 bits per heavy atom. The minimum absolute atomic E-state index is 0.151. The summed E-state index contributed by atoms with van der Waals surface area (Å²) in [5, 5.41) is 0.466. The van der Waals surface area contributed by atoms with Crippen LogP contribution in [0.15, 0.2) is 21.9 Å². The van der Waals surface area contributed by atoms with Crippen molar-refractivity contribution in [2.24, 2.45) is 7.05 Å². The maximum atomic E-state index is 12.6. The number of hydrogen-bond donors (Lipinski definition) is 0. The summed E-state index contributed by atoms with van der Waals surface area (Å²) >= 11 is 0. The maximum Gasteiger partial charge on any atom is 0.332 e. The Labute approximate surface area is 139 Å². The Balaban J connectivity index is 1.74. The van der Waals surface area contributed by atoms with Gasteiger partial charge in [-0.05, 0) is 44.2 Å². The Morgan fingerprint density at radius 1 is 1.38 bits per heavy atom. The molecule has 2 aromatic rings. The van der Waals surface area contributed by atoms with Crippen LogP contribution >= 0.6 is 0 Å². The molecule has 0 aliphatic carbocycles. The van der Waals surface area contributed by atoms with Crippen LogP contribution in [0.5, 0.6) is 0 Å². The lowest BCUT2D eigenvalue weighted by atomic mass is 10.2. The van der Waals surface area contributed by atoms with Crippen LogP contribution in [0.25, 0.3) is 11.0 Å². The summed E-state index contributed by atoms with van der Waals surface area (Å²) in [6, 6.07) is 1.77. The van der Waals surface area contributed by atoms with Gasteiger partial charge in [0.2, 0.25) is 0 Å². The molecule has 3 heterocycles. The van der Waals surface area contributed by atoms with Gasteiger partial charge < -0.3 is 9.47 Å². The number of fused-ring (bicyclic) bond motifs is 1. The minimum atomic E-state index is -0.349. The van der Waals surface area contributed by atoms with Gasteiger partial charge in [0.25, 0.3) is 5.56 Å². The molecule has 0 amide bonds. The van der Waals surface area contributed by atoms with Gasteiger partial charge in [-0.15, -0.1) is 0 Å². The fourth-order valence-corrected chi connectivity index (χ4v) is 2.97. The van der Waals surface area contributed by atoms with E-state index in [9.17, 15) is 9.59 Å². The average Bonchev–Trinajstić information content (AvgIpc) is 2.60. The quantitative estimate of drug-likeness (QED) is 0.772. The summed E-state index contributed by atoms with van der Waals surface area (Å²) in [5.41, 5.74) is 0.664. The molecular formula is C17H23N3O4. The van der Waals surface area contributed by atoms with Crippen LogP contribution in [0.4, 0.5) is 0 Å². The van der Waals surface area contributed by atoms with Crippen LogP contribution in [0, 0.1) is 6.92 Å². The van der Waals surface area contributed by atoms with Crippen molar-refractivity contribution < 1.29 is 9.47 Å². The van der Waals surface area contributed by atoms with E-state index in [0.29, 0.717) is 30.6 Å². The van der Waals surface area contributed by atoms with Gasteiger partial charge in [-0.1, -0.05) is 0 Å². The van der Waals surface area contributed by atoms with Gasteiger partial charge in [-0.25, -0.2) is 9.78 Å². The predicted octanol–water partition coefficient (Wildman–Crippen LogP) is 1.34. The fourth-order valence-electron chi connectivity index (χ4n) is 2.97. The zero-order valence-corrected chi connectivity index (χ0v) is 14.2. The van der Waals surface area contributed by atoms with Crippen molar-refractivity contribution in [2.75, 3.05) is 13.2 Å². The summed E-state index contributed by atoms with van der Waals surface area (Å²) in [4.78, 5) is 29.2. The van der Waals surface area contributed by atoms with Crippen molar-refractivity contribution in [3.63, 3.8) is 0 Å². The number of pyridine rings is 1. The third-order valence-electron chi connectivity index (χ3n) is 4.28. The van der Waals surface area contributed by atoms with E-state index in [1.807, 2.05) is 6.92 Å². The van der Waals surface area contributed by atoms with E-state index in [0.717, 1.165) is 31.4 Å². The predicted molar refractivity (Wildman–Crippen MR) is 90.1 cm³/mol. The van der Waals surface area contributed by atoms with E-state index in [-0.39, 0.29) is 17.5 Å². The minimum Gasteiger partial charge on any atom is -0.353 e. The Morgan fingerprint density at radius 3 is 2.96 bits per heavy atom. The zero-order chi connectivity index (χ0) is 17.1. The highest BCUT2D eigenvalue weighted by Crippen LogP contribution is 2.13. The number of hydrogen-bond acceptors (Lipinski definition) is 5. The molecule has 0 bridgehead atoms. The van der Waals surface area contributed by atoms with E-state index >= 15 is 0 Å². The fraction of sp³-hybridized carbons (Fsp3) is 0.588. The first-order valence-electron chi connectivity index (χ1n) is 8.37. The van der Waals surface area contributed by atoms with Gasteiger partial charge in [-0.3, -0.25) is 13.9 Å². The highest BCUT2D eigenvalue weighted by atomic mass is 16.7. The van der Waals surface area contributed by atoms with Gasteiger partial charge in [0.05, 0.1) is 12.0 Å². The molecule has 24 heavy (non-hydrogen) atoms. The maximum absolute atomic E-state index is 12.6. The second-order valence-corrected chi connectivity index (χ2v) is 6.20. The molecule has 0 aromatic carbocycles. The topological polar surface area (TPSA) is 75.4 Å². The Hall–Kier alpha value is -1.99. The SMILES string of the molecule is Cc1cnc2c(c1)c(=O)n(CCCOC1CCCCO1)c(=O)n2C. The van der Waals surface area contributed by atoms with Crippen molar-refractivity contribution in [3.05, 3.63) is 38.7 Å². The van der Waals surface area contributed by atoms with Gasteiger partial charge in [0, 0.05) is 26.4 Å². The lowest BCUT2D eigenvalue weighted by Gasteiger charge is -2.22. The molecule has 2 aromatic heterocycles. The molecule has 0 spiro atoms. The summed E-state index contributed by atoms with van der Waals surface area (Å²) in [6.07, 6.45) is 5.19. The largest absolute Gasteiger partial charge is 0.353 e. The first kappa shape index (κ1) is 16.9. The molecule has 130 valence electrons. The average molecular weight is 333 g/mol. The van der Waals surface area contributed by atoms with Gasteiger partial charge in [0.1, 0.15) is 5.65 Å². The van der Waals surface area contributed by atoms with Crippen molar-refractivity contribution in [2.45, 2.75) is 45.4 Å². The second kappa shape index (κ2) is 7.27. The molecule has 3 rings (SSSR count). The number of ether oxygens (including phenoxy) is 2. The van der Waals surface area contributed by atoms with Crippen LogP contribution < -0.4 is 11.2 Å². The summed E-state index contributed by atoms with van der Waals surface area (Å²) in [6.45, 7) is 3.40. The van der Waals surface area contributed by atoms with Crippen LogP contribution in [0.2, 0.25) is 0 Å². The lowest BCUT2D eigenvalue weighted by Crippen LogP contribution is -2.39. The lowest BCUT2D eigenvalue weighted by molar-refractivity contribution is -0.163. The summed E-state index contributed by atoms with van der Waals surface area (Å²) in [7, 11) is 1.63. The summed E-state index contributed by atoms with van der Waals surface area (Å²) in [5.74, 6) is 0. The van der Waals surface area contributed by atoms with Gasteiger partial charge >= 0.3 is 5.69 Å². The highest BCUT2D eigenvalue weighted by Gasteiger charge is 2.15. The number of rotatable bonds is 5. The normalized spacial score (nSPS) is 18.2. The van der Waals surface area contributed by atoms with Crippen LogP contribution in [-0.4, -0.2) is 33.6 Å². The molecule has 0 N–H and O–H groups in total. The number of aromatic nitrogens is 3. The van der Waals surface area contributed by atoms with E-state index in [1.54, 1.807) is 19.3 Å². The van der Waals surface area contributed by atoms with E-state index in [2.05, 4.69) is 4.98 Å². The molecule has 1 aliphatic rings. The second-order valence-electron chi connectivity index (χ2n) is 6.20. The van der Waals surface area contributed by atoms with E-state index in [1.165, 1.54) is 9.13 Å². The van der Waals surface area contributed by atoms with Crippen molar-refractivity contribution in [1.82, 2.24) is 14.1 Å². The standard InChI is InChI=1S/C17H23N3O4/c1-12-10-13-15(18-11-12)19(2)17(22)20(16(13)21)7-5-9-24-14-6-3-4-8-23-14/h10-11,14H,3-9H2,1-2H3. The molecule has 1 unspecified atom stereocenters. The monoisotopic (exact) mass is 333 g/mol. The molecule has 1 fully saturated rings. The highest BCUT2D eigenvalue weighted by molar-refractivity contribution is 5.74. The third-order valence-corrected chi connectivity index (χ3v) is 4.28. The van der Waals surface area contributed by atoms with Crippen molar-refractivity contribution >= 4 is 11.0 Å². The van der Waals surface area contributed by atoms with Crippen molar-refractivity contribution in [3.8, 4) is 0 Å². The molecule has 0 saturated carbocycles. The molecule has 0 radical (unpaired) electrons. The zero-order valence-electron chi connectivity index (χ0n) is 14.2. The van der Waals surface area contributed by atoms with Crippen LogP contribution in [-0.2, 0) is 23.1 Å². The number of aryl methyl sites for hydroxylation is 2. The molecule has 1 atom stereocenters. The third kappa shape index (κ3) is 3.42. The van der Waals surface area contributed by atoms with Gasteiger partial charge in [-0.2, -0.15) is 0 Å². The molecular weight excluding hydrogens is 310 g/mol. The van der Waals surface area contributed by atoms with E-state index < -0.39 is 0 Å². The molecule has 1 aliphatic heterocycles. The Kier molecular flexibility index (Phi) is 5.11. The van der Waals surface area contributed by atoms with Gasteiger partial charge in [0.15, 0.2) is 6.29 Å². The van der Waals surface area contributed by atoms with E-state index in [4.69, 9.17) is 9.47 Å². The Bertz CT molecular complexity index is 834. The first-order chi connectivity index (χ1) is 11.6. The number of nitrogens with zero attached hydrogens (tertiary/aromatic N) is 3. The van der Waals surface area contributed by atoms with Crippen LogP contribution in [0.3, 0.4) is 0 Å². The first-order valence-corrected chi connectivity index (χ1v) is 8.37. The molecule has 7 nitrogen and oxygen atoms in total. The summed E-state index contributed by atoms with van der Waals surface area (Å²) < 4.78 is 13.8. The van der Waals surface area contributed by atoms with Crippen molar-refractivity contribution in [1.29, 1.82) is 0 Å².